The number of H-pyrrole nitrogens is 1. The van der Waals surface area contributed by atoms with Gasteiger partial charge in [0.25, 0.3) is 0 Å². The zero-order valence-electron chi connectivity index (χ0n) is 20.2. The number of rotatable bonds is 7. The topological polar surface area (TPSA) is 104 Å². The number of alkyl halides is 3. The average molecular weight is 511 g/mol. The predicted octanol–water partition coefficient (Wildman–Crippen LogP) is 4.72. The number of piperidine rings is 1. The van der Waals surface area contributed by atoms with Crippen molar-refractivity contribution in [3.05, 3.63) is 82.9 Å². The number of pyridine rings is 1. The van der Waals surface area contributed by atoms with Gasteiger partial charge in [-0.2, -0.15) is 13.2 Å². The minimum absolute atomic E-state index is 0.0340. The van der Waals surface area contributed by atoms with E-state index in [2.05, 4.69) is 37.4 Å². The molecule has 7 nitrogen and oxygen atoms in total. The smallest absolute Gasteiger partial charge is 0.391 e. The highest BCUT2D eigenvalue weighted by molar-refractivity contribution is 5.77. The van der Waals surface area contributed by atoms with E-state index in [4.69, 9.17) is 5.73 Å². The van der Waals surface area contributed by atoms with Gasteiger partial charge in [0, 0.05) is 18.4 Å². The third kappa shape index (κ3) is 5.60. The van der Waals surface area contributed by atoms with Gasteiger partial charge in [0.1, 0.15) is 11.3 Å². The summed E-state index contributed by atoms with van der Waals surface area (Å²) in [4.78, 5) is 6.47. The Balaban J connectivity index is 1.26. The number of aromatic nitrogens is 4. The highest BCUT2D eigenvalue weighted by Gasteiger charge is 2.33. The second-order valence-electron chi connectivity index (χ2n) is 9.64. The van der Waals surface area contributed by atoms with Gasteiger partial charge >= 0.3 is 6.18 Å². The van der Waals surface area contributed by atoms with Crippen LogP contribution in [-0.4, -0.2) is 56.1 Å². The van der Waals surface area contributed by atoms with Gasteiger partial charge in [-0.15, -0.1) is 5.10 Å². The van der Waals surface area contributed by atoms with Crippen LogP contribution >= 0.6 is 0 Å². The van der Waals surface area contributed by atoms with Crippen molar-refractivity contribution >= 4 is 17.0 Å². The maximum Gasteiger partial charge on any atom is 0.416 e. The fourth-order valence-electron chi connectivity index (χ4n) is 5.39. The number of hydrogen-bond acceptors (Lipinski definition) is 6. The molecular formula is C27H29F3N6O. The maximum absolute atomic E-state index is 13.1. The summed E-state index contributed by atoms with van der Waals surface area (Å²) in [5.74, 6) is 0.122. The highest BCUT2D eigenvalue weighted by Crippen LogP contribution is 2.36. The van der Waals surface area contributed by atoms with Crippen LogP contribution in [0.1, 0.15) is 53.4 Å². The first-order valence-corrected chi connectivity index (χ1v) is 12.4. The van der Waals surface area contributed by atoms with E-state index in [1.165, 1.54) is 12.1 Å². The summed E-state index contributed by atoms with van der Waals surface area (Å²) >= 11 is 0. The van der Waals surface area contributed by atoms with Gasteiger partial charge < -0.3 is 15.7 Å². The quantitative estimate of drug-likeness (QED) is 0.333. The molecule has 0 aliphatic carbocycles. The van der Waals surface area contributed by atoms with Crippen LogP contribution in [0.25, 0.3) is 11.2 Å². The molecule has 1 aliphatic rings. The van der Waals surface area contributed by atoms with Crippen LogP contribution in [0.15, 0.2) is 60.7 Å². The summed E-state index contributed by atoms with van der Waals surface area (Å²) in [7, 11) is 0. The lowest BCUT2D eigenvalue weighted by atomic mass is 9.85. The normalized spacial score (nSPS) is 19.8. The Morgan fingerprint density at radius 3 is 2.68 bits per heavy atom. The molecule has 3 heterocycles. The second-order valence-corrected chi connectivity index (χ2v) is 9.64. The van der Waals surface area contributed by atoms with Crippen LogP contribution in [0.4, 0.5) is 19.0 Å². The largest absolute Gasteiger partial charge is 0.416 e. The van der Waals surface area contributed by atoms with E-state index in [1.807, 2.05) is 24.3 Å². The first-order chi connectivity index (χ1) is 17.8. The lowest BCUT2D eigenvalue weighted by molar-refractivity contribution is -0.137. The standard InChI is InChI=1S/C27H29F3N6O/c28-27(29,30)19-9-4-8-18(14-19)21-11-13-36(16-23(21)37)12-5-10-20(17-6-2-1-3-7-17)22-15-24(31)32-26-25(22)33-35-34-26/h1-4,6-9,14-15,20-21,23,37H,5,10-13,16H2,(H3,31,32,33,34,35). The summed E-state index contributed by atoms with van der Waals surface area (Å²) in [6, 6.07) is 17.3. The first kappa shape index (κ1) is 25.2. The average Bonchev–Trinajstić information content (AvgIpc) is 3.35. The zero-order valence-corrected chi connectivity index (χ0v) is 20.2. The number of nitrogens with zero attached hydrogens (tertiary/aromatic N) is 4. The molecule has 2 aromatic carbocycles. The van der Waals surface area contributed by atoms with Gasteiger partial charge in [0.05, 0.1) is 11.7 Å². The van der Waals surface area contributed by atoms with Crippen molar-refractivity contribution in [3.63, 3.8) is 0 Å². The molecule has 0 amide bonds. The van der Waals surface area contributed by atoms with Gasteiger partial charge in [-0.25, -0.2) is 10.1 Å². The van der Waals surface area contributed by atoms with E-state index in [9.17, 15) is 18.3 Å². The third-order valence-corrected chi connectivity index (χ3v) is 7.20. The Bertz CT molecular complexity index is 1340. The van der Waals surface area contributed by atoms with Crippen LogP contribution in [0.2, 0.25) is 0 Å². The summed E-state index contributed by atoms with van der Waals surface area (Å²) in [5, 5.41) is 21.7. The van der Waals surface area contributed by atoms with Crippen molar-refractivity contribution in [2.45, 2.75) is 43.4 Å². The number of fused-ring (bicyclic) bond motifs is 1. The number of aliphatic hydroxyl groups excluding tert-OH is 1. The number of anilines is 1. The molecule has 4 aromatic rings. The molecule has 2 aromatic heterocycles. The van der Waals surface area contributed by atoms with Crippen molar-refractivity contribution in [2.75, 3.05) is 25.4 Å². The molecule has 10 heteroatoms. The highest BCUT2D eigenvalue weighted by atomic mass is 19.4. The van der Waals surface area contributed by atoms with Gasteiger partial charge in [-0.05, 0) is 61.2 Å². The summed E-state index contributed by atoms with van der Waals surface area (Å²) in [6.07, 6.45) is -2.85. The van der Waals surface area contributed by atoms with Crippen LogP contribution in [0.5, 0.6) is 0 Å². The van der Waals surface area contributed by atoms with Crippen LogP contribution in [0.3, 0.4) is 0 Å². The number of likely N-dealkylation sites (tertiary alicyclic amines) is 1. The van der Waals surface area contributed by atoms with E-state index in [0.717, 1.165) is 36.6 Å². The van der Waals surface area contributed by atoms with Crippen LogP contribution in [-0.2, 0) is 6.18 Å². The van der Waals surface area contributed by atoms with Crippen LogP contribution in [0, 0.1) is 0 Å². The number of halogens is 3. The predicted molar refractivity (Wildman–Crippen MR) is 135 cm³/mol. The molecule has 3 atom stereocenters. The Morgan fingerprint density at radius 2 is 1.92 bits per heavy atom. The molecular weight excluding hydrogens is 481 g/mol. The Kier molecular flexibility index (Phi) is 7.12. The monoisotopic (exact) mass is 510 g/mol. The molecule has 1 saturated heterocycles. The number of nitrogens with two attached hydrogens (primary N) is 1. The zero-order chi connectivity index (χ0) is 26.0. The third-order valence-electron chi connectivity index (χ3n) is 7.20. The molecule has 1 fully saturated rings. The second kappa shape index (κ2) is 10.5. The summed E-state index contributed by atoms with van der Waals surface area (Å²) in [6.45, 7) is 1.90. The number of hydrogen-bond donors (Lipinski definition) is 3. The lowest BCUT2D eigenvalue weighted by Gasteiger charge is -2.36. The molecule has 194 valence electrons. The number of benzene rings is 2. The number of nitrogens with one attached hydrogen (secondary N) is 1. The van der Waals surface area contributed by atoms with E-state index >= 15 is 0 Å². The van der Waals surface area contributed by atoms with E-state index in [-0.39, 0.29) is 11.8 Å². The lowest BCUT2D eigenvalue weighted by Crippen LogP contribution is -2.43. The van der Waals surface area contributed by atoms with Crippen molar-refractivity contribution in [1.82, 2.24) is 25.3 Å². The molecule has 37 heavy (non-hydrogen) atoms. The van der Waals surface area contributed by atoms with E-state index < -0.39 is 17.8 Å². The van der Waals surface area contributed by atoms with Crippen molar-refractivity contribution in [1.29, 1.82) is 0 Å². The molecule has 5 rings (SSSR count). The molecule has 1 aliphatic heterocycles. The molecule has 0 saturated carbocycles. The molecule has 3 unspecified atom stereocenters. The van der Waals surface area contributed by atoms with Crippen molar-refractivity contribution < 1.29 is 18.3 Å². The molecule has 0 bridgehead atoms. The van der Waals surface area contributed by atoms with Gasteiger partial charge in [-0.1, -0.05) is 53.7 Å². The maximum atomic E-state index is 13.1. The summed E-state index contributed by atoms with van der Waals surface area (Å²) in [5.41, 5.74) is 9.28. The minimum Gasteiger partial charge on any atom is -0.391 e. The summed E-state index contributed by atoms with van der Waals surface area (Å²) < 4.78 is 39.4. The van der Waals surface area contributed by atoms with Gasteiger partial charge in [0.15, 0.2) is 5.65 Å². The Labute approximate surface area is 212 Å². The van der Waals surface area contributed by atoms with E-state index in [1.54, 1.807) is 6.07 Å². The Morgan fingerprint density at radius 1 is 1.11 bits per heavy atom. The minimum atomic E-state index is -4.39. The van der Waals surface area contributed by atoms with Crippen molar-refractivity contribution in [2.24, 2.45) is 0 Å². The fraction of sp³-hybridized carbons (Fsp3) is 0.370. The number of nitrogen functional groups attached to an aromatic ring is 1. The first-order valence-electron chi connectivity index (χ1n) is 12.4. The van der Waals surface area contributed by atoms with Gasteiger partial charge in [0.2, 0.25) is 0 Å². The number of β-amino-alcohol motifs (C(OH)–C–C–N with tert-alkyl or cyclic N) is 1. The number of aromatic amines is 1. The fourth-order valence-corrected chi connectivity index (χ4v) is 5.39. The van der Waals surface area contributed by atoms with Crippen LogP contribution < -0.4 is 5.73 Å². The van der Waals surface area contributed by atoms with Gasteiger partial charge in [-0.3, -0.25) is 0 Å². The Hall–Kier alpha value is -3.50. The molecule has 4 N–H and O–H groups in total. The van der Waals surface area contributed by atoms with E-state index in [0.29, 0.717) is 42.1 Å². The SMILES string of the molecule is Nc1cc(C(CCCN2CCC(c3cccc(C(F)(F)F)c3)C(O)C2)c2ccccc2)c2nn[nH]c2n1. The number of aliphatic hydroxyl groups is 1. The van der Waals surface area contributed by atoms with Crippen molar-refractivity contribution in [3.8, 4) is 0 Å². The molecule has 0 spiro atoms. The molecule has 0 radical (unpaired) electrons.